The van der Waals surface area contributed by atoms with Crippen molar-refractivity contribution in [3.8, 4) is 0 Å². The van der Waals surface area contributed by atoms with Gasteiger partial charge in [0.25, 0.3) is 0 Å². The van der Waals surface area contributed by atoms with E-state index in [2.05, 4.69) is 4.72 Å². The highest BCUT2D eigenvalue weighted by Gasteiger charge is 2.25. The Labute approximate surface area is 169 Å². The number of esters is 1. The van der Waals surface area contributed by atoms with E-state index in [-0.39, 0.29) is 27.5 Å². The summed E-state index contributed by atoms with van der Waals surface area (Å²) >= 11 is 0. The van der Waals surface area contributed by atoms with Gasteiger partial charge >= 0.3 is 5.97 Å². The second kappa shape index (κ2) is 8.75. The van der Waals surface area contributed by atoms with E-state index in [1.54, 1.807) is 0 Å². The van der Waals surface area contributed by atoms with Crippen molar-refractivity contribution in [3.63, 3.8) is 0 Å². The Morgan fingerprint density at radius 2 is 1.59 bits per heavy atom. The van der Waals surface area contributed by atoms with E-state index in [1.807, 2.05) is 0 Å². The maximum absolute atomic E-state index is 12.5. The van der Waals surface area contributed by atoms with E-state index in [9.17, 15) is 26.4 Å². The number of Topliss-reactive ketones (excluding diaryl/α,β-unsaturated/α-hetero) is 1. The third-order valence-corrected chi connectivity index (χ3v) is 6.34. The summed E-state index contributed by atoms with van der Waals surface area (Å²) in [5.41, 5.74) is 0.355. The number of rotatable bonds is 8. The summed E-state index contributed by atoms with van der Waals surface area (Å²) in [6, 6.07) is 11.3. The molecule has 0 spiro atoms. The molecule has 0 aromatic heterocycles. The normalized spacial score (nSPS) is 12.8. The average Bonchev–Trinajstić information content (AvgIpc) is 2.66. The minimum absolute atomic E-state index is 0.137. The van der Waals surface area contributed by atoms with Crippen molar-refractivity contribution in [2.24, 2.45) is 0 Å². The maximum atomic E-state index is 12.5. The second-order valence-electron chi connectivity index (χ2n) is 6.26. The molecule has 0 saturated heterocycles. The van der Waals surface area contributed by atoms with E-state index in [0.29, 0.717) is 0 Å². The topological polar surface area (TPSA) is 124 Å². The first kappa shape index (κ1) is 22.6. The average molecular weight is 440 g/mol. The van der Waals surface area contributed by atoms with E-state index in [0.717, 1.165) is 6.26 Å². The van der Waals surface area contributed by atoms with Crippen LogP contribution in [0.2, 0.25) is 0 Å². The fourth-order valence-electron chi connectivity index (χ4n) is 2.49. The van der Waals surface area contributed by atoms with Gasteiger partial charge in [0.05, 0.1) is 22.5 Å². The van der Waals surface area contributed by atoms with E-state index in [1.165, 1.54) is 62.4 Å². The molecule has 1 atom stereocenters. The summed E-state index contributed by atoms with van der Waals surface area (Å²) in [7, 11) is -7.09. The fourth-order valence-corrected chi connectivity index (χ4v) is 4.14. The number of nitrogens with one attached hydrogen (secondary N) is 1. The zero-order valence-corrected chi connectivity index (χ0v) is 17.7. The van der Waals surface area contributed by atoms with Gasteiger partial charge in [0.2, 0.25) is 15.8 Å². The van der Waals surface area contributed by atoms with Crippen molar-refractivity contribution in [1.29, 1.82) is 0 Å². The number of hydrogen-bond acceptors (Lipinski definition) is 7. The van der Waals surface area contributed by atoms with E-state index >= 15 is 0 Å². The molecular weight excluding hydrogens is 418 g/mol. The van der Waals surface area contributed by atoms with Gasteiger partial charge < -0.3 is 4.74 Å². The van der Waals surface area contributed by atoms with Crippen LogP contribution in [0, 0.1) is 0 Å². The number of anilines is 1. The van der Waals surface area contributed by atoms with Gasteiger partial charge in [-0.05, 0) is 43.3 Å². The number of hydrogen-bond donors (Lipinski definition) is 1. The van der Waals surface area contributed by atoms with Crippen molar-refractivity contribution >= 4 is 37.3 Å². The lowest BCUT2D eigenvalue weighted by Gasteiger charge is -2.14. The first-order chi connectivity index (χ1) is 13.4. The summed E-state index contributed by atoms with van der Waals surface area (Å²) in [6.07, 6.45) is -0.168. The third-order valence-electron chi connectivity index (χ3n) is 3.95. The van der Waals surface area contributed by atoms with Crippen LogP contribution in [0.4, 0.5) is 5.69 Å². The van der Waals surface area contributed by atoms with Crippen LogP contribution in [-0.4, -0.2) is 46.7 Å². The number of ketones is 1. The van der Waals surface area contributed by atoms with Crippen molar-refractivity contribution in [1.82, 2.24) is 0 Å². The van der Waals surface area contributed by atoms with Crippen LogP contribution in [0.1, 0.15) is 34.6 Å². The molecule has 0 bridgehead atoms. The molecule has 0 heterocycles. The van der Waals surface area contributed by atoms with E-state index in [4.69, 9.17) is 4.74 Å². The predicted molar refractivity (Wildman–Crippen MR) is 108 cm³/mol. The van der Waals surface area contributed by atoms with E-state index < -0.39 is 37.7 Å². The lowest BCUT2D eigenvalue weighted by atomic mass is 10.1. The van der Waals surface area contributed by atoms with Crippen LogP contribution >= 0.6 is 0 Å². The van der Waals surface area contributed by atoms with Gasteiger partial charge in [-0.15, -0.1) is 0 Å². The molecular formula is C19H21NO7S2. The molecule has 1 unspecified atom stereocenters. The summed E-state index contributed by atoms with van der Waals surface area (Å²) in [6.45, 7) is 2.84. The summed E-state index contributed by atoms with van der Waals surface area (Å²) < 4.78 is 54.3. The Morgan fingerprint density at radius 3 is 2.14 bits per heavy atom. The van der Waals surface area contributed by atoms with Crippen LogP contribution < -0.4 is 4.72 Å². The molecule has 29 heavy (non-hydrogen) atoms. The zero-order chi connectivity index (χ0) is 21.8. The van der Waals surface area contributed by atoms with Gasteiger partial charge in [-0.2, -0.15) is 0 Å². The van der Waals surface area contributed by atoms with Gasteiger partial charge in [0.15, 0.2) is 15.9 Å². The number of ether oxygens (including phenoxy) is 1. The Hall–Kier alpha value is -2.72. The summed E-state index contributed by atoms with van der Waals surface area (Å²) in [5.74, 6) is -1.62. The number of sulfone groups is 1. The fraction of sp³-hybridized carbons (Fsp3) is 0.263. The monoisotopic (exact) mass is 439 g/mol. The van der Waals surface area contributed by atoms with Crippen LogP contribution in [0.25, 0.3) is 0 Å². The number of benzene rings is 2. The Kier molecular flexibility index (Phi) is 6.81. The zero-order valence-electron chi connectivity index (χ0n) is 16.1. The number of sulfonamides is 1. The number of carbonyl (C=O) groups is 2. The van der Waals surface area contributed by atoms with Gasteiger partial charge in [-0.25, -0.2) is 21.6 Å². The molecule has 2 aromatic carbocycles. The summed E-state index contributed by atoms with van der Waals surface area (Å²) in [5, 5.41) is 0. The summed E-state index contributed by atoms with van der Waals surface area (Å²) in [4.78, 5) is 24.8. The highest BCUT2D eigenvalue weighted by atomic mass is 32.2. The molecule has 2 aromatic rings. The Bertz CT molecular complexity index is 1120. The van der Waals surface area contributed by atoms with Crippen LogP contribution in [0.3, 0.4) is 0 Å². The number of carbonyl (C=O) groups excluding carboxylic acids is 2. The molecule has 0 radical (unpaired) electrons. The minimum atomic E-state index is -3.64. The molecule has 0 aliphatic heterocycles. The molecule has 156 valence electrons. The smallest absolute Gasteiger partial charge is 0.340 e. The Balaban J connectivity index is 2.17. The largest absolute Gasteiger partial charge is 0.451 e. The maximum Gasteiger partial charge on any atom is 0.340 e. The quantitative estimate of drug-likeness (QED) is 0.494. The highest BCUT2D eigenvalue weighted by Crippen LogP contribution is 2.20. The minimum Gasteiger partial charge on any atom is -0.451 e. The first-order valence-electron chi connectivity index (χ1n) is 8.59. The van der Waals surface area contributed by atoms with Crippen molar-refractivity contribution in [2.75, 3.05) is 16.7 Å². The predicted octanol–water partition coefficient (Wildman–Crippen LogP) is 2.28. The van der Waals surface area contributed by atoms with Gasteiger partial charge in [-0.3, -0.25) is 9.52 Å². The molecule has 0 saturated carbocycles. The lowest BCUT2D eigenvalue weighted by molar-refractivity contribution is 0.0315. The van der Waals surface area contributed by atoms with Crippen LogP contribution in [0.15, 0.2) is 53.4 Å². The van der Waals surface area contributed by atoms with Crippen LogP contribution in [0.5, 0.6) is 0 Å². The van der Waals surface area contributed by atoms with Crippen molar-refractivity contribution in [3.05, 3.63) is 59.7 Å². The lowest BCUT2D eigenvalue weighted by Crippen LogP contribution is -2.25. The standard InChI is InChI=1S/C19H21NO7S2/c1-4-29(25,26)17-8-6-5-7-16(17)19(22)27-13(2)18(21)14-9-11-15(12-10-14)20-28(3,23)24/h5-13,20H,4H2,1-3H3. The van der Waals surface area contributed by atoms with Gasteiger partial charge in [0.1, 0.15) is 0 Å². The Morgan fingerprint density at radius 1 is 1.00 bits per heavy atom. The SMILES string of the molecule is CCS(=O)(=O)c1ccccc1C(=O)OC(C)C(=O)c1ccc(NS(C)(=O)=O)cc1. The van der Waals surface area contributed by atoms with Gasteiger partial charge in [-0.1, -0.05) is 19.1 Å². The third kappa shape index (κ3) is 5.88. The van der Waals surface area contributed by atoms with Crippen molar-refractivity contribution < 1.29 is 31.2 Å². The molecule has 0 amide bonds. The van der Waals surface area contributed by atoms with Crippen molar-refractivity contribution in [2.45, 2.75) is 24.8 Å². The molecule has 0 aliphatic carbocycles. The van der Waals surface area contributed by atoms with Gasteiger partial charge in [0, 0.05) is 11.3 Å². The molecule has 0 fully saturated rings. The molecule has 8 nitrogen and oxygen atoms in total. The molecule has 1 N–H and O–H groups in total. The first-order valence-corrected chi connectivity index (χ1v) is 12.1. The second-order valence-corrected chi connectivity index (χ2v) is 10.3. The molecule has 0 aliphatic rings. The van der Waals surface area contributed by atoms with Crippen LogP contribution in [-0.2, 0) is 24.6 Å². The molecule has 2 rings (SSSR count). The highest BCUT2D eigenvalue weighted by molar-refractivity contribution is 7.92. The molecule has 10 heteroatoms.